The first kappa shape index (κ1) is 30.5. The summed E-state index contributed by atoms with van der Waals surface area (Å²) in [5.74, 6) is 0.701. The van der Waals surface area contributed by atoms with Gasteiger partial charge >= 0.3 is 0 Å². The Morgan fingerprint density at radius 3 is 1.06 bits per heavy atom. The van der Waals surface area contributed by atoms with Crippen LogP contribution in [0.5, 0.6) is 0 Å². The molecular weight excluding hydrogens is 653 g/mol. The second kappa shape index (κ2) is 12.2. The van der Waals surface area contributed by atoms with Gasteiger partial charge in [0.15, 0.2) is 5.82 Å². The van der Waals surface area contributed by atoms with Gasteiger partial charge in [-0.05, 0) is 101 Å². The van der Waals surface area contributed by atoms with Gasteiger partial charge < -0.3 is 0 Å². The second-order valence-electron chi connectivity index (χ2n) is 14.1. The smallest absolute Gasteiger partial charge is 0.160 e. The fourth-order valence-electron chi connectivity index (χ4n) is 8.53. The fraction of sp³-hybridized carbons (Fsp3) is 0. The predicted octanol–water partition coefficient (Wildman–Crippen LogP) is 13.9. The Bertz CT molecular complexity index is 3030. The van der Waals surface area contributed by atoms with E-state index in [9.17, 15) is 0 Å². The summed E-state index contributed by atoms with van der Waals surface area (Å²) in [6.07, 6.45) is 0. The van der Waals surface area contributed by atoms with E-state index in [0.29, 0.717) is 5.82 Å². The van der Waals surface area contributed by atoms with Crippen molar-refractivity contribution in [3.05, 3.63) is 194 Å². The van der Waals surface area contributed by atoms with E-state index < -0.39 is 0 Å². The molecule has 2 heteroatoms. The lowest BCUT2D eigenvalue weighted by atomic mass is 9.79. The van der Waals surface area contributed by atoms with Crippen molar-refractivity contribution in [2.75, 3.05) is 0 Å². The SMILES string of the molecule is c1ccc(-c2cc(-c3ccccc3)nc(-c3ccc4c(c3)-c3cc5c6ccccc6c6ccccc6c5cc3-c3ccccc3-c3ccccc3-4)n2)cc1. The van der Waals surface area contributed by atoms with E-state index in [1.165, 1.54) is 76.8 Å². The summed E-state index contributed by atoms with van der Waals surface area (Å²) < 4.78 is 0. The summed E-state index contributed by atoms with van der Waals surface area (Å²) in [4.78, 5) is 10.5. The highest BCUT2D eigenvalue weighted by Crippen LogP contribution is 2.50. The van der Waals surface area contributed by atoms with Gasteiger partial charge in [-0.3, -0.25) is 0 Å². The lowest BCUT2D eigenvalue weighted by Gasteiger charge is -2.25. The van der Waals surface area contributed by atoms with E-state index in [2.05, 4.69) is 182 Å². The summed E-state index contributed by atoms with van der Waals surface area (Å²) in [6.45, 7) is 0. The molecule has 11 rings (SSSR count). The first-order chi connectivity index (χ1) is 26.8. The molecule has 0 amide bonds. The average Bonchev–Trinajstić information content (AvgIpc) is 3.26. The van der Waals surface area contributed by atoms with Crippen molar-refractivity contribution in [2.24, 2.45) is 0 Å². The fourth-order valence-corrected chi connectivity index (χ4v) is 8.53. The van der Waals surface area contributed by atoms with Crippen LogP contribution in [0, 0.1) is 0 Å². The molecule has 0 bridgehead atoms. The van der Waals surface area contributed by atoms with Gasteiger partial charge in [0.05, 0.1) is 11.4 Å². The maximum atomic E-state index is 5.24. The third-order valence-electron chi connectivity index (χ3n) is 11.0. The monoisotopic (exact) mass is 684 g/mol. The van der Waals surface area contributed by atoms with Crippen LogP contribution in [0.25, 0.3) is 111 Å². The molecule has 0 N–H and O–H groups in total. The number of hydrogen-bond acceptors (Lipinski definition) is 2. The van der Waals surface area contributed by atoms with Crippen LogP contribution in [0.15, 0.2) is 194 Å². The molecule has 2 nitrogen and oxygen atoms in total. The minimum atomic E-state index is 0.701. The van der Waals surface area contributed by atoms with Gasteiger partial charge in [0.25, 0.3) is 0 Å². The van der Waals surface area contributed by atoms with Crippen LogP contribution < -0.4 is 0 Å². The van der Waals surface area contributed by atoms with Crippen molar-refractivity contribution in [2.45, 2.75) is 0 Å². The van der Waals surface area contributed by atoms with Crippen molar-refractivity contribution in [1.29, 1.82) is 0 Å². The summed E-state index contributed by atoms with van der Waals surface area (Å²) in [5, 5.41) is 7.58. The molecule has 0 saturated heterocycles. The Hall–Kier alpha value is -7.16. The Kier molecular flexibility index (Phi) is 6.90. The van der Waals surface area contributed by atoms with Crippen LogP contribution in [0.1, 0.15) is 0 Å². The third-order valence-corrected chi connectivity index (χ3v) is 11.0. The number of hydrogen-bond donors (Lipinski definition) is 0. The average molecular weight is 685 g/mol. The van der Waals surface area contributed by atoms with Gasteiger partial charge in [0, 0.05) is 16.7 Å². The van der Waals surface area contributed by atoms with Crippen molar-refractivity contribution < 1.29 is 0 Å². The third kappa shape index (κ3) is 4.81. The van der Waals surface area contributed by atoms with Crippen molar-refractivity contribution in [3.8, 4) is 78.4 Å². The molecule has 9 aromatic carbocycles. The highest BCUT2D eigenvalue weighted by atomic mass is 14.9. The van der Waals surface area contributed by atoms with E-state index in [0.717, 1.165) is 28.1 Å². The molecule has 1 aliphatic rings. The quantitative estimate of drug-likeness (QED) is 0.173. The zero-order valence-electron chi connectivity index (χ0n) is 29.4. The first-order valence-corrected chi connectivity index (χ1v) is 18.5. The predicted molar refractivity (Wildman–Crippen MR) is 226 cm³/mol. The molecule has 0 aliphatic heterocycles. The standard InChI is InChI=1S/C52H32N2/c1-3-15-33(16-4-1)50-32-51(34-17-5-2-6-18-34)54-52(53-50)35-27-28-44-40-23-8-7-19-36(40)37-20-9-14-26-43(37)48-30-46-41-24-12-10-21-38(41)39-22-11-13-25-42(39)47(46)31-49(48)45(44)29-35/h1-32H. The van der Waals surface area contributed by atoms with Gasteiger partial charge in [-0.1, -0.05) is 170 Å². The van der Waals surface area contributed by atoms with Gasteiger partial charge in [0.1, 0.15) is 0 Å². The number of aromatic nitrogens is 2. The van der Waals surface area contributed by atoms with Crippen molar-refractivity contribution in [3.63, 3.8) is 0 Å². The molecule has 54 heavy (non-hydrogen) atoms. The van der Waals surface area contributed by atoms with Gasteiger partial charge in [-0.25, -0.2) is 9.97 Å². The summed E-state index contributed by atoms with van der Waals surface area (Å²) in [7, 11) is 0. The summed E-state index contributed by atoms with van der Waals surface area (Å²) in [6, 6.07) is 70.0. The minimum absolute atomic E-state index is 0.701. The van der Waals surface area contributed by atoms with E-state index in [1.807, 2.05) is 12.1 Å². The maximum Gasteiger partial charge on any atom is 0.160 e. The number of fused-ring (bicyclic) bond motifs is 14. The van der Waals surface area contributed by atoms with Crippen LogP contribution in [0.4, 0.5) is 0 Å². The van der Waals surface area contributed by atoms with Crippen LogP contribution in [0.2, 0.25) is 0 Å². The molecule has 0 fully saturated rings. The molecule has 10 aromatic rings. The lowest BCUT2D eigenvalue weighted by molar-refractivity contribution is 1.18. The van der Waals surface area contributed by atoms with Crippen LogP contribution in [-0.4, -0.2) is 9.97 Å². The zero-order valence-corrected chi connectivity index (χ0v) is 29.4. The second-order valence-corrected chi connectivity index (χ2v) is 14.1. The molecular formula is C52H32N2. The Balaban J connectivity index is 1.25. The van der Waals surface area contributed by atoms with Gasteiger partial charge in [-0.15, -0.1) is 0 Å². The van der Waals surface area contributed by atoms with Crippen LogP contribution >= 0.6 is 0 Å². The van der Waals surface area contributed by atoms with Crippen LogP contribution in [-0.2, 0) is 0 Å². The van der Waals surface area contributed by atoms with Gasteiger partial charge in [-0.2, -0.15) is 0 Å². The molecule has 0 spiro atoms. The van der Waals surface area contributed by atoms with Gasteiger partial charge in [0.2, 0.25) is 0 Å². The van der Waals surface area contributed by atoms with E-state index in [4.69, 9.17) is 9.97 Å². The Morgan fingerprint density at radius 1 is 0.222 bits per heavy atom. The normalized spacial score (nSPS) is 11.7. The highest BCUT2D eigenvalue weighted by molar-refractivity contribution is 6.27. The highest BCUT2D eigenvalue weighted by Gasteiger charge is 2.24. The Labute approximate surface area is 313 Å². The maximum absolute atomic E-state index is 5.24. The van der Waals surface area contributed by atoms with E-state index >= 15 is 0 Å². The molecule has 1 aromatic heterocycles. The largest absolute Gasteiger partial charge is 0.228 e. The lowest BCUT2D eigenvalue weighted by Crippen LogP contribution is -2.00. The summed E-state index contributed by atoms with van der Waals surface area (Å²) >= 11 is 0. The van der Waals surface area contributed by atoms with Crippen molar-refractivity contribution >= 4 is 32.3 Å². The Morgan fingerprint density at radius 2 is 0.574 bits per heavy atom. The topological polar surface area (TPSA) is 25.8 Å². The molecule has 0 radical (unpaired) electrons. The molecule has 0 unspecified atom stereocenters. The molecule has 250 valence electrons. The molecule has 0 saturated carbocycles. The molecule has 1 heterocycles. The van der Waals surface area contributed by atoms with Crippen LogP contribution in [0.3, 0.4) is 0 Å². The van der Waals surface area contributed by atoms with E-state index in [-0.39, 0.29) is 0 Å². The molecule has 0 atom stereocenters. The summed E-state index contributed by atoms with van der Waals surface area (Å²) in [5.41, 5.74) is 14.6. The first-order valence-electron chi connectivity index (χ1n) is 18.5. The number of nitrogens with zero attached hydrogens (tertiary/aromatic N) is 2. The number of benzene rings is 9. The number of rotatable bonds is 3. The molecule has 1 aliphatic carbocycles. The van der Waals surface area contributed by atoms with E-state index in [1.54, 1.807) is 0 Å². The van der Waals surface area contributed by atoms with Crippen molar-refractivity contribution in [1.82, 2.24) is 9.97 Å². The minimum Gasteiger partial charge on any atom is -0.228 e. The zero-order chi connectivity index (χ0) is 35.6.